The number of thiophene rings is 1. The number of aromatic nitrogens is 4. The van der Waals surface area contributed by atoms with Gasteiger partial charge in [-0.05, 0) is 33.8 Å². The Morgan fingerprint density at radius 3 is 2.60 bits per heavy atom. The van der Waals surface area contributed by atoms with Gasteiger partial charge in [-0.2, -0.15) is 0 Å². The highest BCUT2D eigenvalue weighted by Crippen LogP contribution is 2.30. The fourth-order valence-electron chi connectivity index (χ4n) is 2.74. The Morgan fingerprint density at radius 1 is 1.27 bits per heavy atom. The first kappa shape index (κ1) is 22.4. The van der Waals surface area contributed by atoms with E-state index in [-0.39, 0.29) is 23.6 Å². The van der Waals surface area contributed by atoms with Crippen LogP contribution in [0, 0.1) is 13.8 Å². The van der Waals surface area contributed by atoms with Gasteiger partial charge in [0.15, 0.2) is 16.1 Å². The molecule has 0 radical (unpaired) electrons. The van der Waals surface area contributed by atoms with Gasteiger partial charge in [0, 0.05) is 36.0 Å². The first-order valence-corrected chi connectivity index (χ1v) is 12.0. The van der Waals surface area contributed by atoms with E-state index in [1.54, 1.807) is 32.4 Å². The van der Waals surface area contributed by atoms with Gasteiger partial charge >= 0.3 is 0 Å². The zero-order chi connectivity index (χ0) is 22.0. The van der Waals surface area contributed by atoms with Crippen LogP contribution < -0.4 is 5.32 Å². The second-order valence-corrected chi connectivity index (χ2v) is 10.2. The normalized spacial score (nSPS) is 11.2. The van der Waals surface area contributed by atoms with Crippen molar-refractivity contribution in [2.45, 2.75) is 38.9 Å². The molecule has 160 valence electrons. The molecule has 0 aliphatic rings. The average molecular weight is 465 g/mol. The summed E-state index contributed by atoms with van der Waals surface area (Å²) in [5.74, 6) is 0.646. The van der Waals surface area contributed by atoms with Crippen molar-refractivity contribution in [3.8, 4) is 11.4 Å². The molecule has 0 bridgehead atoms. The molecule has 0 fully saturated rings. The van der Waals surface area contributed by atoms with Crippen LogP contribution in [0.3, 0.4) is 0 Å². The van der Waals surface area contributed by atoms with Crippen molar-refractivity contribution in [2.75, 3.05) is 25.2 Å². The summed E-state index contributed by atoms with van der Waals surface area (Å²) < 4.78 is 2.04. The predicted molar refractivity (Wildman–Crippen MR) is 123 cm³/mol. The number of amides is 2. The maximum absolute atomic E-state index is 12.5. The quantitative estimate of drug-likeness (QED) is 0.529. The van der Waals surface area contributed by atoms with Crippen LogP contribution in [0.4, 0.5) is 5.13 Å². The molecule has 30 heavy (non-hydrogen) atoms. The van der Waals surface area contributed by atoms with E-state index in [4.69, 9.17) is 0 Å². The number of nitrogens with zero attached hydrogens (tertiary/aromatic N) is 5. The summed E-state index contributed by atoms with van der Waals surface area (Å²) in [6.07, 6.45) is 0. The smallest absolute Gasteiger partial charge is 0.265 e. The summed E-state index contributed by atoms with van der Waals surface area (Å²) >= 11 is 4.18. The number of thiazole rings is 1. The molecule has 2 amide bonds. The number of carbonyl (C=O) groups excluding carboxylic acids is 2. The third-order valence-corrected chi connectivity index (χ3v) is 7.01. The van der Waals surface area contributed by atoms with Gasteiger partial charge in [0.2, 0.25) is 5.91 Å². The molecular weight excluding hydrogens is 440 g/mol. The first-order chi connectivity index (χ1) is 14.2. The van der Waals surface area contributed by atoms with Crippen LogP contribution in [0.2, 0.25) is 0 Å². The van der Waals surface area contributed by atoms with E-state index in [0.717, 1.165) is 11.4 Å². The summed E-state index contributed by atoms with van der Waals surface area (Å²) in [6.45, 7) is 7.95. The second kappa shape index (κ2) is 9.27. The van der Waals surface area contributed by atoms with Crippen LogP contribution in [0.1, 0.15) is 40.1 Å². The number of hydrogen-bond acceptors (Lipinski definition) is 8. The van der Waals surface area contributed by atoms with Gasteiger partial charge in [0.05, 0.1) is 11.4 Å². The molecule has 0 atom stereocenters. The number of aryl methyl sites for hydroxylation is 2. The van der Waals surface area contributed by atoms with E-state index in [1.165, 1.54) is 32.9 Å². The van der Waals surface area contributed by atoms with Crippen LogP contribution in [-0.2, 0) is 4.79 Å². The summed E-state index contributed by atoms with van der Waals surface area (Å²) in [6, 6.07) is 2.24. The number of anilines is 1. The van der Waals surface area contributed by atoms with Gasteiger partial charge in [0.1, 0.15) is 4.88 Å². The summed E-state index contributed by atoms with van der Waals surface area (Å²) in [4.78, 5) is 32.1. The minimum absolute atomic E-state index is 0.124. The summed E-state index contributed by atoms with van der Waals surface area (Å²) in [5, 5.41) is 14.6. The molecule has 0 aliphatic heterocycles. The fourth-order valence-corrected chi connectivity index (χ4v) is 5.29. The highest BCUT2D eigenvalue weighted by atomic mass is 32.2. The Balaban J connectivity index is 1.69. The largest absolute Gasteiger partial charge is 0.344 e. The molecule has 3 aromatic rings. The van der Waals surface area contributed by atoms with Gasteiger partial charge in [0.25, 0.3) is 5.91 Å². The van der Waals surface area contributed by atoms with Crippen LogP contribution in [-0.4, -0.2) is 56.3 Å². The lowest BCUT2D eigenvalue weighted by Gasteiger charge is -2.12. The third kappa shape index (κ3) is 4.90. The zero-order valence-corrected chi connectivity index (χ0v) is 20.2. The summed E-state index contributed by atoms with van der Waals surface area (Å²) in [7, 11) is 3.37. The van der Waals surface area contributed by atoms with Crippen LogP contribution in [0.15, 0.2) is 16.6 Å². The highest BCUT2D eigenvalue weighted by molar-refractivity contribution is 7.99. The van der Waals surface area contributed by atoms with E-state index >= 15 is 0 Å². The SMILES string of the molecule is Cc1cc(-c2nnc(SCC(=O)Nc3nc(C)c(C(=O)N(C)C)s3)n2C(C)C)cs1. The Morgan fingerprint density at radius 2 is 2.00 bits per heavy atom. The van der Waals surface area contributed by atoms with E-state index in [2.05, 4.69) is 52.7 Å². The molecule has 0 spiro atoms. The van der Waals surface area contributed by atoms with Crippen molar-refractivity contribution in [2.24, 2.45) is 0 Å². The number of carbonyl (C=O) groups is 2. The van der Waals surface area contributed by atoms with Crippen molar-refractivity contribution in [1.82, 2.24) is 24.6 Å². The van der Waals surface area contributed by atoms with E-state index < -0.39 is 0 Å². The predicted octanol–water partition coefficient (Wildman–Crippen LogP) is 4.09. The zero-order valence-electron chi connectivity index (χ0n) is 17.7. The molecule has 3 heterocycles. The Bertz CT molecular complexity index is 1070. The molecular formula is C19H24N6O2S3. The Kier molecular flexibility index (Phi) is 6.94. The number of hydrogen-bond donors (Lipinski definition) is 1. The Labute approximate surface area is 187 Å². The standard InChI is InChI=1S/C19H24N6O2S3/c1-10(2)25-16(13-7-11(3)28-8-13)22-23-19(25)29-9-14(26)21-18-20-12(4)15(30-18)17(27)24(5)6/h7-8,10H,9H2,1-6H3,(H,20,21,26). The van der Waals surface area contributed by atoms with Gasteiger partial charge in [-0.1, -0.05) is 23.1 Å². The lowest BCUT2D eigenvalue weighted by molar-refractivity contribution is -0.113. The minimum atomic E-state index is -0.205. The monoisotopic (exact) mass is 464 g/mol. The maximum Gasteiger partial charge on any atom is 0.265 e. The van der Waals surface area contributed by atoms with Gasteiger partial charge < -0.3 is 10.2 Å². The molecule has 0 saturated carbocycles. The van der Waals surface area contributed by atoms with Crippen molar-refractivity contribution >= 4 is 51.4 Å². The van der Waals surface area contributed by atoms with Crippen molar-refractivity contribution in [3.05, 3.63) is 26.9 Å². The molecule has 0 saturated heterocycles. The molecule has 0 aromatic carbocycles. The first-order valence-electron chi connectivity index (χ1n) is 9.29. The van der Waals surface area contributed by atoms with Crippen molar-refractivity contribution in [1.29, 1.82) is 0 Å². The molecule has 3 aromatic heterocycles. The number of thioether (sulfide) groups is 1. The van der Waals surface area contributed by atoms with E-state index in [0.29, 0.717) is 20.9 Å². The van der Waals surface area contributed by atoms with E-state index in [1.807, 2.05) is 4.57 Å². The number of rotatable bonds is 7. The molecule has 3 rings (SSSR count). The van der Waals surface area contributed by atoms with E-state index in [9.17, 15) is 9.59 Å². The molecule has 1 N–H and O–H groups in total. The lowest BCUT2D eigenvalue weighted by Crippen LogP contribution is -2.21. The van der Waals surface area contributed by atoms with Crippen LogP contribution in [0.5, 0.6) is 0 Å². The molecule has 11 heteroatoms. The van der Waals surface area contributed by atoms with Gasteiger partial charge in [-0.3, -0.25) is 14.2 Å². The average Bonchev–Trinajstić information content (AvgIpc) is 3.37. The van der Waals surface area contributed by atoms with Crippen molar-refractivity contribution < 1.29 is 9.59 Å². The summed E-state index contributed by atoms with van der Waals surface area (Å²) in [5.41, 5.74) is 1.64. The highest BCUT2D eigenvalue weighted by Gasteiger charge is 2.20. The lowest BCUT2D eigenvalue weighted by atomic mass is 10.3. The fraction of sp³-hybridized carbons (Fsp3) is 0.421. The van der Waals surface area contributed by atoms with Gasteiger partial charge in [-0.15, -0.1) is 21.5 Å². The third-order valence-electron chi connectivity index (χ3n) is 4.15. The number of nitrogens with one attached hydrogen (secondary N) is 1. The molecule has 0 aliphatic carbocycles. The Hall–Kier alpha value is -2.24. The van der Waals surface area contributed by atoms with Crippen LogP contribution >= 0.6 is 34.4 Å². The van der Waals surface area contributed by atoms with Crippen LogP contribution in [0.25, 0.3) is 11.4 Å². The van der Waals surface area contributed by atoms with Gasteiger partial charge in [-0.25, -0.2) is 4.98 Å². The second-order valence-electron chi connectivity index (χ2n) is 7.19. The molecule has 0 unspecified atom stereocenters. The minimum Gasteiger partial charge on any atom is -0.344 e. The molecule has 8 nitrogen and oxygen atoms in total. The topological polar surface area (TPSA) is 93.0 Å². The van der Waals surface area contributed by atoms with Crippen molar-refractivity contribution in [3.63, 3.8) is 0 Å². The maximum atomic E-state index is 12.5.